The molecule has 90 valence electrons. The monoisotopic (exact) mass is 308 g/mol. The van der Waals surface area contributed by atoms with Gasteiger partial charge in [-0.05, 0) is 28.1 Å². The van der Waals surface area contributed by atoms with E-state index in [9.17, 15) is 17.6 Å². The van der Waals surface area contributed by atoms with E-state index in [0.717, 1.165) is 12.1 Å². The Morgan fingerprint density at radius 1 is 0.882 bits per heavy atom. The fourth-order valence-electron chi connectivity index (χ4n) is 1.50. The lowest BCUT2D eigenvalue weighted by Gasteiger charge is -2.08. The van der Waals surface area contributed by atoms with Crippen molar-refractivity contribution in [3.63, 3.8) is 0 Å². The fraction of sp³-hybridized carbons (Fsp3) is 0.0909. The average Bonchev–Trinajstić information content (AvgIpc) is 2.33. The molecule has 0 aromatic heterocycles. The van der Waals surface area contributed by atoms with E-state index in [-0.39, 0.29) is 16.5 Å². The molecular formula is C11H5BrF4O. The Bertz CT molecular complexity index is 612. The molecule has 6 heteroatoms. The summed E-state index contributed by atoms with van der Waals surface area (Å²) < 4.78 is 58.0. The summed E-state index contributed by atoms with van der Waals surface area (Å²) in [5.41, 5.74) is 0. The lowest BCUT2D eigenvalue weighted by atomic mass is 10.1. The summed E-state index contributed by atoms with van der Waals surface area (Å²) in [4.78, 5) is 0. The van der Waals surface area contributed by atoms with Crippen LogP contribution in [-0.4, -0.2) is 7.11 Å². The second-order valence-electron chi connectivity index (χ2n) is 3.29. The van der Waals surface area contributed by atoms with Crippen molar-refractivity contribution in [1.29, 1.82) is 0 Å². The molecule has 0 bridgehead atoms. The highest BCUT2D eigenvalue weighted by molar-refractivity contribution is 9.10. The molecule has 0 N–H and O–H groups in total. The van der Waals surface area contributed by atoms with E-state index in [2.05, 4.69) is 15.9 Å². The summed E-state index contributed by atoms with van der Waals surface area (Å²) in [6.45, 7) is 0. The molecule has 0 saturated carbocycles. The van der Waals surface area contributed by atoms with E-state index in [1.54, 1.807) is 0 Å². The minimum atomic E-state index is -1.83. The smallest absolute Gasteiger partial charge is 0.198 e. The first kappa shape index (κ1) is 12.2. The number of halogens is 5. The summed E-state index contributed by atoms with van der Waals surface area (Å²) in [7, 11) is 1.32. The van der Waals surface area contributed by atoms with Crippen molar-refractivity contribution in [3.05, 3.63) is 39.9 Å². The largest absolute Gasteiger partial charge is 0.496 e. The Hall–Kier alpha value is -1.30. The number of fused-ring (bicyclic) bond motifs is 1. The summed E-state index contributed by atoms with van der Waals surface area (Å²) in [5, 5.41) is -0.726. The Balaban J connectivity index is 2.96. The van der Waals surface area contributed by atoms with Crippen LogP contribution in [0.15, 0.2) is 16.6 Å². The van der Waals surface area contributed by atoms with E-state index >= 15 is 0 Å². The third-order valence-corrected chi connectivity index (χ3v) is 2.96. The van der Waals surface area contributed by atoms with Crippen LogP contribution >= 0.6 is 15.9 Å². The molecule has 0 atom stereocenters. The number of benzene rings is 2. The molecule has 0 aliphatic carbocycles. The van der Waals surface area contributed by atoms with E-state index < -0.39 is 23.3 Å². The molecule has 17 heavy (non-hydrogen) atoms. The molecule has 0 saturated heterocycles. The number of methoxy groups -OCH3 is 1. The molecular weight excluding hydrogens is 304 g/mol. The van der Waals surface area contributed by atoms with Gasteiger partial charge in [0.15, 0.2) is 23.3 Å². The van der Waals surface area contributed by atoms with Crippen LogP contribution in [0.4, 0.5) is 17.6 Å². The van der Waals surface area contributed by atoms with Crippen molar-refractivity contribution in [2.75, 3.05) is 7.11 Å². The first-order valence-corrected chi connectivity index (χ1v) is 5.25. The number of hydrogen-bond donors (Lipinski definition) is 0. The number of hydrogen-bond acceptors (Lipinski definition) is 1. The maximum Gasteiger partial charge on any atom is 0.198 e. The van der Waals surface area contributed by atoms with Crippen LogP contribution in [-0.2, 0) is 0 Å². The zero-order valence-corrected chi connectivity index (χ0v) is 10.0. The minimum absolute atomic E-state index is 0.196. The summed E-state index contributed by atoms with van der Waals surface area (Å²) in [6, 6.07) is 2.23. The molecule has 1 nitrogen and oxygen atoms in total. The average molecular weight is 309 g/mol. The molecule has 0 fully saturated rings. The van der Waals surface area contributed by atoms with Crippen LogP contribution in [0.5, 0.6) is 5.75 Å². The summed E-state index contributed by atoms with van der Waals surface area (Å²) in [6.07, 6.45) is 0. The van der Waals surface area contributed by atoms with E-state index in [1.165, 1.54) is 7.11 Å². The van der Waals surface area contributed by atoms with Gasteiger partial charge < -0.3 is 4.74 Å². The second-order valence-corrected chi connectivity index (χ2v) is 4.14. The maximum atomic E-state index is 13.4. The van der Waals surface area contributed by atoms with Gasteiger partial charge in [0, 0.05) is 10.8 Å². The van der Waals surface area contributed by atoms with Crippen molar-refractivity contribution < 1.29 is 22.3 Å². The molecule has 0 spiro atoms. The highest BCUT2D eigenvalue weighted by atomic mass is 79.9. The SMILES string of the molecule is COc1cc2c(F)c(F)c(F)c(F)c2cc1Br. The van der Waals surface area contributed by atoms with Crippen LogP contribution < -0.4 is 4.74 Å². The topological polar surface area (TPSA) is 9.23 Å². The van der Waals surface area contributed by atoms with Gasteiger partial charge in [-0.2, -0.15) is 0 Å². The van der Waals surface area contributed by atoms with E-state index in [4.69, 9.17) is 4.74 Å². The van der Waals surface area contributed by atoms with Gasteiger partial charge in [-0.1, -0.05) is 0 Å². The molecule has 2 rings (SSSR count). The van der Waals surface area contributed by atoms with Gasteiger partial charge in [-0.15, -0.1) is 0 Å². The quantitative estimate of drug-likeness (QED) is 0.436. The highest BCUT2D eigenvalue weighted by Crippen LogP contribution is 2.34. The van der Waals surface area contributed by atoms with Gasteiger partial charge in [-0.3, -0.25) is 0 Å². The predicted octanol–water partition coefficient (Wildman–Crippen LogP) is 4.17. The van der Waals surface area contributed by atoms with Gasteiger partial charge >= 0.3 is 0 Å². The van der Waals surface area contributed by atoms with E-state index in [1.807, 2.05) is 0 Å². The molecule has 0 aliphatic rings. The van der Waals surface area contributed by atoms with Gasteiger partial charge in [0.25, 0.3) is 0 Å². The third-order valence-electron chi connectivity index (χ3n) is 2.34. The molecule has 0 unspecified atom stereocenters. The van der Waals surface area contributed by atoms with Crippen molar-refractivity contribution in [2.24, 2.45) is 0 Å². The second kappa shape index (κ2) is 4.18. The van der Waals surface area contributed by atoms with Crippen molar-refractivity contribution in [1.82, 2.24) is 0 Å². The van der Waals surface area contributed by atoms with Crippen molar-refractivity contribution in [3.8, 4) is 5.75 Å². The van der Waals surface area contributed by atoms with Crippen LogP contribution in [0.1, 0.15) is 0 Å². The Labute approximate surface area is 102 Å². The number of ether oxygens (including phenoxy) is 1. The summed E-state index contributed by atoms with van der Waals surface area (Å²) in [5.74, 6) is -6.33. The maximum absolute atomic E-state index is 13.4. The minimum Gasteiger partial charge on any atom is -0.496 e. The van der Waals surface area contributed by atoms with Crippen LogP contribution in [0, 0.1) is 23.3 Å². The van der Waals surface area contributed by atoms with Crippen LogP contribution in [0.25, 0.3) is 10.8 Å². The zero-order chi connectivity index (χ0) is 12.7. The van der Waals surface area contributed by atoms with Gasteiger partial charge in [0.05, 0.1) is 11.6 Å². The Morgan fingerprint density at radius 3 is 1.82 bits per heavy atom. The Kier molecular flexibility index (Phi) is 2.99. The van der Waals surface area contributed by atoms with Gasteiger partial charge in [0.2, 0.25) is 0 Å². The standard InChI is InChI=1S/C11H5BrF4O/c1-17-7-3-5-4(2-6(7)12)8(13)10(15)11(16)9(5)14/h2-3H,1H3. The first-order chi connectivity index (χ1) is 7.97. The molecule has 0 amide bonds. The molecule has 0 aliphatic heterocycles. The first-order valence-electron chi connectivity index (χ1n) is 4.46. The van der Waals surface area contributed by atoms with Crippen molar-refractivity contribution in [2.45, 2.75) is 0 Å². The molecule has 0 heterocycles. The molecule has 2 aromatic rings. The normalized spacial score (nSPS) is 10.9. The summed E-state index contributed by atoms with van der Waals surface area (Å²) >= 11 is 3.05. The van der Waals surface area contributed by atoms with Crippen LogP contribution in [0.3, 0.4) is 0 Å². The lowest BCUT2D eigenvalue weighted by molar-refractivity contribution is 0.409. The highest BCUT2D eigenvalue weighted by Gasteiger charge is 2.21. The molecule has 0 radical (unpaired) electrons. The predicted molar refractivity (Wildman–Crippen MR) is 58.0 cm³/mol. The third kappa shape index (κ3) is 1.76. The van der Waals surface area contributed by atoms with Gasteiger partial charge in [-0.25, -0.2) is 17.6 Å². The van der Waals surface area contributed by atoms with Crippen LogP contribution in [0.2, 0.25) is 0 Å². The Morgan fingerprint density at radius 2 is 1.35 bits per heavy atom. The zero-order valence-electron chi connectivity index (χ0n) is 8.45. The lowest BCUT2D eigenvalue weighted by Crippen LogP contribution is -1.98. The van der Waals surface area contributed by atoms with Crippen molar-refractivity contribution >= 4 is 26.7 Å². The fourth-order valence-corrected chi connectivity index (χ4v) is 2.01. The van der Waals surface area contributed by atoms with Gasteiger partial charge in [0.1, 0.15) is 5.75 Å². The molecule has 2 aromatic carbocycles. The van der Waals surface area contributed by atoms with E-state index in [0.29, 0.717) is 4.47 Å². The number of rotatable bonds is 1.